The fourth-order valence-electron chi connectivity index (χ4n) is 4.27. The highest BCUT2D eigenvalue weighted by molar-refractivity contribution is 9.09. The number of alkyl halides is 1. The maximum absolute atomic E-state index is 12.9. The van der Waals surface area contributed by atoms with Crippen molar-refractivity contribution in [3.63, 3.8) is 0 Å². The molecule has 2 aromatic heterocycles. The Kier molecular flexibility index (Phi) is 8.35. The molecule has 2 amide bonds. The zero-order valence-corrected chi connectivity index (χ0v) is 21.7. The molecule has 3 N–H and O–H groups in total. The number of hydrogen-bond acceptors (Lipinski definition) is 6. The van der Waals surface area contributed by atoms with Gasteiger partial charge in [-0.25, -0.2) is 9.67 Å². The van der Waals surface area contributed by atoms with Crippen molar-refractivity contribution in [2.75, 3.05) is 29.2 Å². The number of rotatable bonds is 9. The summed E-state index contributed by atoms with van der Waals surface area (Å²) < 4.78 is 7.44. The SMILES string of the molecule is CCc1nc2c(cnn2CC)c(NC2CCOCC2)c1CNC(=O)c1ccc(NC(=O)CBr)cc1. The number of carbonyl (C=O) groups excluding carboxylic acids is 2. The van der Waals surface area contributed by atoms with E-state index >= 15 is 0 Å². The Hall–Kier alpha value is -2.98. The number of hydrogen-bond donors (Lipinski definition) is 3. The van der Waals surface area contributed by atoms with Crippen LogP contribution in [0.25, 0.3) is 11.0 Å². The van der Waals surface area contributed by atoms with Crippen LogP contribution in [0.4, 0.5) is 11.4 Å². The van der Waals surface area contributed by atoms with Crippen molar-refractivity contribution in [1.29, 1.82) is 0 Å². The lowest BCUT2D eigenvalue weighted by atomic mass is 10.0. The smallest absolute Gasteiger partial charge is 0.251 e. The van der Waals surface area contributed by atoms with Crippen LogP contribution in [0, 0.1) is 0 Å². The number of ether oxygens (including phenoxy) is 1. The summed E-state index contributed by atoms with van der Waals surface area (Å²) in [4.78, 5) is 29.4. The molecule has 10 heteroatoms. The Labute approximate surface area is 213 Å². The van der Waals surface area contributed by atoms with Crippen molar-refractivity contribution >= 4 is 50.2 Å². The first-order valence-electron chi connectivity index (χ1n) is 12.0. The van der Waals surface area contributed by atoms with Crippen molar-refractivity contribution in [1.82, 2.24) is 20.1 Å². The van der Waals surface area contributed by atoms with Crippen molar-refractivity contribution in [2.45, 2.75) is 52.2 Å². The van der Waals surface area contributed by atoms with E-state index in [1.807, 2.05) is 10.9 Å². The summed E-state index contributed by atoms with van der Waals surface area (Å²) >= 11 is 3.12. The van der Waals surface area contributed by atoms with Gasteiger partial charge in [0, 0.05) is 54.9 Å². The number of anilines is 2. The van der Waals surface area contributed by atoms with E-state index in [4.69, 9.17) is 9.72 Å². The van der Waals surface area contributed by atoms with Gasteiger partial charge >= 0.3 is 0 Å². The summed E-state index contributed by atoms with van der Waals surface area (Å²) in [6.45, 7) is 6.67. The van der Waals surface area contributed by atoms with Crippen LogP contribution in [0.3, 0.4) is 0 Å². The van der Waals surface area contributed by atoms with E-state index < -0.39 is 0 Å². The van der Waals surface area contributed by atoms with Crippen molar-refractivity contribution in [3.05, 3.63) is 47.3 Å². The molecule has 0 unspecified atom stereocenters. The lowest BCUT2D eigenvalue weighted by Gasteiger charge is -2.26. The lowest BCUT2D eigenvalue weighted by molar-refractivity contribution is -0.113. The van der Waals surface area contributed by atoms with Crippen LogP contribution < -0.4 is 16.0 Å². The second kappa shape index (κ2) is 11.6. The summed E-state index contributed by atoms with van der Waals surface area (Å²) in [6, 6.07) is 7.14. The molecule has 3 heterocycles. The quantitative estimate of drug-likeness (QED) is 0.354. The molecule has 9 nitrogen and oxygen atoms in total. The Balaban J connectivity index is 1.59. The van der Waals surface area contributed by atoms with Gasteiger partial charge in [-0.05, 0) is 50.5 Å². The van der Waals surface area contributed by atoms with Crippen molar-refractivity contribution in [2.24, 2.45) is 0 Å². The van der Waals surface area contributed by atoms with E-state index in [9.17, 15) is 9.59 Å². The summed E-state index contributed by atoms with van der Waals surface area (Å²) in [5.74, 6) is -0.333. The number of nitrogens with zero attached hydrogens (tertiary/aromatic N) is 3. The predicted octanol–water partition coefficient (Wildman–Crippen LogP) is 3.87. The van der Waals surface area contributed by atoms with Crippen LogP contribution in [-0.4, -0.2) is 51.2 Å². The first kappa shape index (κ1) is 25.1. The average Bonchev–Trinajstić information content (AvgIpc) is 3.31. The van der Waals surface area contributed by atoms with Gasteiger partial charge in [0.1, 0.15) is 0 Å². The number of fused-ring (bicyclic) bond motifs is 1. The summed E-state index contributed by atoms with van der Waals surface area (Å²) in [6.07, 6.45) is 4.45. The molecule has 0 saturated carbocycles. The minimum Gasteiger partial charge on any atom is -0.381 e. The fraction of sp³-hybridized carbons (Fsp3) is 0.440. The van der Waals surface area contributed by atoms with Gasteiger partial charge in [-0.1, -0.05) is 22.9 Å². The molecule has 1 saturated heterocycles. The van der Waals surface area contributed by atoms with Crippen LogP contribution in [0.1, 0.15) is 48.3 Å². The third-order valence-corrected chi connectivity index (χ3v) is 6.66. The standard InChI is InChI=1S/C25H31BrN6O3/c1-3-21-19(14-27-25(34)16-5-7-17(8-6-16)29-22(33)13-26)23(30-18-9-11-35-12-10-18)20-15-28-32(4-2)24(20)31-21/h5-8,15,18H,3-4,9-14H2,1-2H3,(H,27,34)(H,29,33)(H,30,31). The fourth-order valence-corrected chi connectivity index (χ4v) is 4.41. The minimum atomic E-state index is -0.188. The summed E-state index contributed by atoms with van der Waals surface area (Å²) in [5.41, 5.74) is 4.94. The number of pyridine rings is 1. The normalized spacial score (nSPS) is 14.1. The van der Waals surface area contributed by atoms with Gasteiger partial charge in [0.15, 0.2) is 5.65 Å². The van der Waals surface area contributed by atoms with Crippen molar-refractivity contribution < 1.29 is 14.3 Å². The van der Waals surface area contributed by atoms with E-state index in [1.165, 1.54) is 0 Å². The van der Waals surface area contributed by atoms with Gasteiger partial charge in [0.05, 0.1) is 22.6 Å². The van der Waals surface area contributed by atoms with Gasteiger partial charge in [0.25, 0.3) is 5.91 Å². The molecule has 3 aromatic rings. The number of halogens is 1. The molecule has 0 atom stereocenters. The van der Waals surface area contributed by atoms with Gasteiger partial charge in [0.2, 0.25) is 5.91 Å². The van der Waals surface area contributed by atoms with Gasteiger partial charge < -0.3 is 20.7 Å². The lowest BCUT2D eigenvalue weighted by Crippen LogP contribution is -2.30. The average molecular weight is 543 g/mol. The zero-order chi connectivity index (χ0) is 24.8. The Bertz CT molecular complexity index is 1190. The molecule has 0 spiro atoms. The van der Waals surface area contributed by atoms with Gasteiger partial charge in [-0.2, -0.15) is 5.10 Å². The van der Waals surface area contributed by atoms with E-state index in [0.29, 0.717) is 23.8 Å². The van der Waals surface area contributed by atoms with Crippen LogP contribution in [0.2, 0.25) is 0 Å². The number of benzene rings is 1. The molecule has 1 aromatic carbocycles. The second-order valence-corrected chi connectivity index (χ2v) is 9.00. The molecule has 186 valence electrons. The van der Waals surface area contributed by atoms with E-state index in [1.54, 1.807) is 24.3 Å². The van der Waals surface area contributed by atoms with Crippen LogP contribution in [0.5, 0.6) is 0 Å². The highest BCUT2D eigenvalue weighted by atomic mass is 79.9. The molecule has 0 bridgehead atoms. The largest absolute Gasteiger partial charge is 0.381 e. The molecule has 35 heavy (non-hydrogen) atoms. The topological polar surface area (TPSA) is 110 Å². The molecular formula is C25H31BrN6O3. The first-order valence-corrected chi connectivity index (χ1v) is 13.1. The Morgan fingerprint density at radius 2 is 1.91 bits per heavy atom. The molecule has 1 fully saturated rings. The third-order valence-electron chi connectivity index (χ3n) is 6.15. The van der Waals surface area contributed by atoms with Crippen LogP contribution in [-0.2, 0) is 29.0 Å². The van der Waals surface area contributed by atoms with Crippen LogP contribution >= 0.6 is 15.9 Å². The molecule has 0 radical (unpaired) electrons. The number of aryl methyl sites for hydroxylation is 2. The van der Waals surface area contributed by atoms with Crippen molar-refractivity contribution in [3.8, 4) is 0 Å². The molecule has 4 rings (SSSR count). The molecule has 1 aliphatic heterocycles. The van der Waals surface area contributed by atoms with E-state index in [-0.39, 0.29) is 17.1 Å². The number of aromatic nitrogens is 3. The maximum Gasteiger partial charge on any atom is 0.251 e. The number of carbonyl (C=O) groups is 2. The van der Waals surface area contributed by atoms with E-state index in [2.05, 4.69) is 50.8 Å². The summed E-state index contributed by atoms with van der Waals surface area (Å²) in [7, 11) is 0. The highest BCUT2D eigenvalue weighted by Gasteiger charge is 2.22. The highest BCUT2D eigenvalue weighted by Crippen LogP contribution is 2.31. The van der Waals surface area contributed by atoms with Gasteiger partial charge in [-0.15, -0.1) is 0 Å². The van der Waals surface area contributed by atoms with E-state index in [0.717, 1.165) is 67.0 Å². The molecule has 0 aliphatic carbocycles. The van der Waals surface area contributed by atoms with Gasteiger partial charge in [-0.3, -0.25) is 9.59 Å². The first-order chi connectivity index (χ1) is 17.0. The maximum atomic E-state index is 12.9. The number of nitrogens with one attached hydrogen (secondary N) is 3. The monoisotopic (exact) mass is 542 g/mol. The molecular weight excluding hydrogens is 512 g/mol. The summed E-state index contributed by atoms with van der Waals surface area (Å²) in [5, 5.41) is 15.3. The zero-order valence-electron chi connectivity index (χ0n) is 20.1. The Morgan fingerprint density at radius 3 is 2.57 bits per heavy atom. The predicted molar refractivity (Wildman–Crippen MR) is 140 cm³/mol. The molecule has 1 aliphatic rings. The Morgan fingerprint density at radius 1 is 1.17 bits per heavy atom. The number of amides is 2. The minimum absolute atomic E-state index is 0.145. The van der Waals surface area contributed by atoms with Crippen LogP contribution in [0.15, 0.2) is 30.5 Å². The third kappa shape index (κ3) is 5.82. The second-order valence-electron chi connectivity index (χ2n) is 8.44.